The van der Waals surface area contributed by atoms with Crippen molar-refractivity contribution in [3.63, 3.8) is 0 Å². The summed E-state index contributed by atoms with van der Waals surface area (Å²) in [4.78, 5) is 12.1. The van der Waals surface area contributed by atoms with Gasteiger partial charge >= 0.3 is 0 Å². The van der Waals surface area contributed by atoms with Gasteiger partial charge in [-0.25, -0.2) is 0 Å². The van der Waals surface area contributed by atoms with Crippen molar-refractivity contribution in [3.05, 3.63) is 40.1 Å². The Morgan fingerprint density at radius 3 is 2.55 bits per heavy atom. The molecule has 2 aromatic rings. The van der Waals surface area contributed by atoms with Crippen LogP contribution in [0.25, 0.3) is 0 Å². The second kappa shape index (κ2) is 5.53. The van der Waals surface area contributed by atoms with Gasteiger partial charge in [0.25, 0.3) is 5.91 Å². The topological polar surface area (TPSA) is 60.1 Å². The van der Waals surface area contributed by atoms with Gasteiger partial charge in [-0.2, -0.15) is 5.10 Å². The number of rotatable bonds is 4. The van der Waals surface area contributed by atoms with E-state index in [0.717, 1.165) is 23.4 Å². The standard InChI is InChI=1S/C15H21N3O2/c1-9-8-20-12(4)14(9)15(19)16-7-6-13-10(2)17-18(5)11(13)3/h8H,6-7H2,1-5H3,(H,16,19). The normalized spacial score (nSPS) is 10.8. The van der Waals surface area contributed by atoms with Gasteiger partial charge in [0.15, 0.2) is 0 Å². The Hall–Kier alpha value is -2.04. The highest BCUT2D eigenvalue weighted by atomic mass is 16.3. The smallest absolute Gasteiger partial charge is 0.255 e. The van der Waals surface area contributed by atoms with Crippen molar-refractivity contribution in [2.75, 3.05) is 6.54 Å². The molecular formula is C15H21N3O2. The molecule has 1 amide bonds. The maximum absolute atomic E-state index is 12.1. The maximum Gasteiger partial charge on any atom is 0.255 e. The van der Waals surface area contributed by atoms with Crippen LogP contribution in [0.1, 0.15) is 38.6 Å². The summed E-state index contributed by atoms with van der Waals surface area (Å²) in [5, 5.41) is 7.32. The SMILES string of the molecule is Cc1coc(C)c1C(=O)NCCc1c(C)nn(C)c1C. The van der Waals surface area contributed by atoms with E-state index in [1.54, 1.807) is 13.2 Å². The van der Waals surface area contributed by atoms with E-state index in [-0.39, 0.29) is 5.91 Å². The van der Waals surface area contributed by atoms with E-state index >= 15 is 0 Å². The summed E-state index contributed by atoms with van der Waals surface area (Å²) in [7, 11) is 1.93. The lowest BCUT2D eigenvalue weighted by Crippen LogP contribution is -2.26. The number of furan rings is 1. The van der Waals surface area contributed by atoms with Crippen molar-refractivity contribution < 1.29 is 9.21 Å². The second-order valence-corrected chi connectivity index (χ2v) is 5.13. The van der Waals surface area contributed by atoms with E-state index < -0.39 is 0 Å². The molecule has 2 heterocycles. The molecule has 1 N–H and O–H groups in total. The fraction of sp³-hybridized carbons (Fsp3) is 0.467. The van der Waals surface area contributed by atoms with Crippen LogP contribution in [0.3, 0.4) is 0 Å². The first-order valence-electron chi connectivity index (χ1n) is 6.73. The van der Waals surface area contributed by atoms with Crippen LogP contribution in [-0.2, 0) is 13.5 Å². The summed E-state index contributed by atoms with van der Waals surface area (Å²) in [5.74, 6) is 0.585. The molecular weight excluding hydrogens is 254 g/mol. The maximum atomic E-state index is 12.1. The summed E-state index contributed by atoms with van der Waals surface area (Å²) in [6.45, 7) is 8.31. The Labute approximate surface area is 119 Å². The second-order valence-electron chi connectivity index (χ2n) is 5.13. The summed E-state index contributed by atoms with van der Waals surface area (Å²) in [5.41, 5.74) is 4.88. The first kappa shape index (κ1) is 14.4. The van der Waals surface area contributed by atoms with Crippen LogP contribution in [0.15, 0.2) is 10.7 Å². The molecule has 2 rings (SSSR count). The number of hydrogen-bond acceptors (Lipinski definition) is 3. The molecule has 5 nitrogen and oxygen atoms in total. The lowest BCUT2D eigenvalue weighted by Gasteiger charge is -2.06. The number of nitrogens with one attached hydrogen (secondary N) is 1. The molecule has 0 unspecified atom stereocenters. The monoisotopic (exact) mass is 275 g/mol. The molecule has 0 saturated heterocycles. The first-order valence-corrected chi connectivity index (χ1v) is 6.73. The van der Waals surface area contributed by atoms with Crippen LogP contribution in [0.2, 0.25) is 0 Å². The number of aryl methyl sites for hydroxylation is 4. The predicted octanol–water partition coefficient (Wildman–Crippen LogP) is 2.22. The average Bonchev–Trinajstić information content (AvgIpc) is 2.83. The highest BCUT2D eigenvalue weighted by Crippen LogP contribution is 2.15. The zero-order valence-electron chi connectivity index (χ0n) is 12.7. The number of carbonyl (C=O) groups is 1. The van der Waals surface area contributed by atoms with Crippen LogP contribution in [0.5, 0.6) is 0 Å². The Morgan fingerprint density at radius 1 is 1.35 bits per heavy atom. The van der Waals surface area contributed by atoms with Crippen molar-refractivity contribution in [2.45, 2.75) is 34.1 Å². The fourth-order valence-corrected chi connectivity index (χ4v) is 2.48. The Balaban J connectivity index is 1.98. The molecule has 0 aromatic carbocycles. The van der Waals surface area contributed by atoms with Gasteiger partial charge in [-0.3, -0.25) is 9.48 Å². The summed E-state index contributed by atoms with van der Waals surface area (Å²) in [6.07, 6.45) is 2.40. The number of hydrogen-bond donors (Lipinski definition) is 1. The minimum absolute atomic E-state index is 0.0760. The van der Waals surface area contributed by atoms with E-state index in [0.29, 0.717) is 17.9 Å². The molecule has 0 atom stereocenters. The zero-order chi connectivity index (χ0) is 14.9. The highest BCUT2D eigenvalue weighted by Gasteiger charge is 2.15. The van der Waals surface area contributed by atoms with Gasteiger partial charge in [-0.15, -0.1) is 0 Å². The molecule has 20 heavy (non-hydrogen) atoms. The van der Waals surface area contributed by atoms with E-state index in [2.05, 4.69) is 10.4 Å². The van der Waals surface area contributed by atoms with Gasteiger partial charge in [-0.05, 0) is 39.7 Å². The number of aromatic nitrogens is 2. The van der Waals surface area contributed by atoms with E-state index in [9.17, 15) is 4.79 Å². The van der Waals surface area contributed by atoms with Crippen LogP contribution < -0.4 is 5.32 Å². The van der Waals surface area contributed by atoms with Gasteiger partial charge in [0.2, 0.25) is 0 Å². The minimum atomic E-state index is -0.0760. The van der Waals surface area contributed by atoms with Crippen molar-refractivity contribution in [1.82, 2.24) is 15.1 Å². The molecule has 0 aliphatic rings. The predicted molar refractivity (Wildman–Crippen MR) is 76.9 cm³/mol. The Bertz CT molecular complexity index is 618. The first-order chi connectivity index (χ1) is 9.41. The summed E-state index contributed by atoms with van der Waals surface area (Å²) >= 11 is 0. The average molecular weight is 275 g/mol. The van der Waals surface area contributed by atoms with Gasteiger partial charge in [0.05, 0.1) is 17.5 Å². The third kappa shape index (κ3) is 2.61. The van der Waals surface area contributed by atoms with Crippen LogP contribution >= 0.6 is 0 Å². The van der Waals surface area contributed by atoms with E-state index in [1.165, 1.54) is 5.56 Å². The molecule has 5 heteroatoms. The lowest BCUT2D eigenvalue weighted by molar-refractivity contribution is 0.0952. The van der Waals surface area contributed by atoms with Crippen LogP contribution in [0.4, 0.5) is 0 Å². The summed E-state index contributed by atoms with van der Waals surface area (Å²) in [6, 6.07) is 0. The van der Waals surface area contributed by atoms with Gasteiger partial charge in [0.1, 0.15) is 5.76 Å². The van der Waals surface area contributed by atoms with Gasteiger partial charge in [0, 0.05) is 24.8 Å². The number of amides is 1. The van der Waals surface area contributed by atoms with Crippen molar-refractivity contribution >= 4 is 5.91 Å². The summed E-state index contributed by atoms with van der Waals surface area (Å²) < 4.78 is 7.12. The molecule has 0 bridgehead atoms. The third-order valence-electron chi connectivity index (χ3n) is 3.71. The van der Waals surface area contributed by atoms with E-state index in [4.69, 9.17) is 4.42 Å². The largest absolute Gasteiger partial charge is 0.469 e. The van der Waals surface area contributed by atoms with Crippen molar-refractivity contribution in [2.24, 2.45) is 7.05 Å². The highest BCUT2D eigenvalue weighted by molar-refractivity contribution is 5.96. The molecule has 0 aliphatic carbocycles. The molecule has 108 valence electrons. The zero-order valence-corrected chi connectivity index (χ0v) is 12.7. The molecule has 2 aromatic heterocycles. The molecule has 0 spiro atoms. The molecule has 0 aliphatic heterocycles. The fourth-order valence-electron chi connectivity index (χ4n) is 2.48. The van der Waals surface area contributed by atoms with Crippen LogP contribution in [-0.4, -0.2) is 22.2 Å². The molecule has 0 radical (unpaired) electrons. The molecule has 0 saturated carbocycles. The quantitative estimate of drug-likeness (QED) is 0.930. The van der Waals surface area contributed by atoms with Crippen molar-refractivity contribution in [3.8, 4) is 0 Å². The van der Waals surface area contributed by atoms with Crippen LogP contribution in [0, 0.1) is 27.7 Å². The lowest BCUT2D eigenvalue weighted by atomic mass is 10.1. The third-order valence-corrected chi connectivity index (χ3v) is 3.71. The van der Waals surface area contributed by atoms with E-state index in [1.807, 2.05) is 32.5 Å². The molecule has 0 fully saturated rings. The van der Waals surface area contributed by atoms with Gasteiger partial charge in [-0.1, -0.05) is 0 Å². The van der Waals surface area contributed by atoms with Crippen molar-refractivity contribution in [1.29, 1.82) is 0 Å². The Morgan fingerprint density at radius 2 is 2.05 bits per heavy atom. The number of carbonyl (C=O) groups excluding carboxylic acids is 1. The minimum Gasteiger partial charge on any atom is -0.469 e. The number of nitrogens with zero attached hydrogens (tertiary/aromatic N) is 2. The van der Waals surface area contributed by atoms with Gasteiger partial charge < -0.3 is 9.73 Å². The Kier molecular flexibility index (Phi) is 3.97.